The molecule has 1 aromatic carbocycles. The smallest absolute Gasteiger partial charge is 0.234 e. The Labute approximate surface area is 95.3 Å². The highest BCUT2D eigenvalue weighted by molar-refractivity contribution is 7.92. The van der Waals surface area contributed by atoms with Gasteiger partial charge in [0, 0.05) is 12.6 Å². The molecule has 0 unspecified atom stereocenters. The summed E-state index contributed by atoms with van der Waals surface area (Å²) in [5.41, 5.74) is 1.73. The van der Waals surface area contributed by atoms with Crippen molar-refractivity contribution in [1.82, 2.24) is 0 Å². The number of sulfonamides is 1. The summed E-state index contributed by atoms with van der Waals surface area (Å²) in [6, 6.07) is 8.16. The van der Waals surface area contributed by atoms with E-state index in [1.165, 1.54) is 12.8 Å². The minimum atomic E-state index is -3.16. The van der Waals surface area contributed by atoms with Gasteiger partial charge in [0.05, 0.1) is 17.1 Å². The molecule has 0 spiro atoms. The first-order valence-corrected chi connectivity index (χ1v) is 7.17. The SMILES string of the molecule is O=S1(=O)CCN(C2CC2)c2ccccc2N1. The molecule has 0 atom stereocenters. The van der Waals surface area contributed by atoms with Crippen LogP contribution in [-0.2, 0) is 10.0 Å². The molecule has 1 saturated carbocycles. The molecule has 0 radical (unpaired) electrons. The van der Waals surface area contributed by atoms with Crippen LogP contribution in [0.15, 0.2) is 24.3 Å². The van der Waals surface area contributed by atoms with Crippen LogP contribution in [0.1, 0.15) is 12.8 Å². The maximum absolute atomic E-state index is 11.7. The Morgan fingerprint density at radius 3 is 2.75 bits per heavy atom. The highest BCUT2D eigenvalue weighted by Gasteiger charge is 2.33. The second kappa shape index (κ2) is 3.38. The molecule has 5 heteroatoms. The third kappa shape index (κ3) is 1.75. The Morgan fingerprint density at radius 2 is 2.00 bits per heavy atom. The number of nitrogens with zero attached hydrogens (tertiary/aromatic N) is 1. The minimum Gasteiger partial charge on any atom is -0.366 e. The van der Waals surface area contributed by atoms with Crippen molar-refractivity contribution in [3.05, 3.63) is 24.3 Å². The number of hydrogen-bond donors (Lipinski definition) is 1. The van der Waals surface area contributed by atoms with E-state index in [-0.39, 0.29) is 5.75 Å². The van der Waals surface area contributed by atoms with Crippen molar-refractivity contribution in [3.8, 4) is 0 Å². The topological polar surface area (TPSA) is 49.4 Å². The van der Waals surface area contributed by atoms with E-state index in [0.717, 1.165) is 5.69 Å². The van der Waals surface area contributed by atoms with Gasteiger partial charge in [-0.25, -0.2) is 8.42 Å². The standard InChI is InChI=1S/C11H14N2O2S/c14-16(15)8-7-13(9-5-6-9)11-4-2-1-3-10(11)12-16/h1-4,9,12H,5-8H2. The van der Waals surface area contributed by atoms with E-state index in [9.17, 15) is 8.42 Å². The summed E-state index contributed by atoms with van der Waals surface area (Å²) >= 11 is 0. The van der Waals surface area contributed by atoms with Crippen LogP contribution in [0, 0.1) is 0 Å². The fourth-order valence-corrected chi connectivity index (χ4v) is 3.18. The van der Waals surface area contributed by atoms with E-state index < -0.39 is 10.0 Å². The van der Waals surface area contributed by atoms with Gasteiger partial charge in [-0.1, -0.05) is 12.1 Å². The second-order valence-electron chi connectivity index (χ2n) is 4.36. The highest BCUT2D eigenvalue weighted by atomic mass is 32.2. The zero-order valence-corrected chi connectivity index (χ0v) is 9.70. The fraction of sp³-hybridized carbons (Fsp3) is 0.455. The molecule has 0 bridgehead atoms. The molecule has 0 amide bonds. The van der Waals surface area contributed by atoms with E-state index >= 15 is 0 Å². The van der Waals surface area contributed by atoms with E-state index in [1.54, 1.807) is 0 Å². The highest BCUT2D eigenvalue weighted by Crippen LogP contribution is 2.37. The molecule has 2 aliphatic rings. The molecule has 4 nitrogen and oxygen atoms in total. The maximum atomic E-state index is 11.7. The van der Waals surface area contributed by atoms with Gasteiger partial charge in [-0.15, -0.1) is 0 Å². The summed E-state index contributed by atoms with van der Waals surface area (Å²) in [6.07, 6.45) is 2.35. The number of rotatable bonds is 1. The third-order valence-corrected chi connectivity index (χ3v) is 4.32. The number of fused-ring (bicyclic) bond motifs is 1. The van der Waals surface area contributed by atoms with E-state index in [2.05, 4.69) is 9.62 Å². The minimum absolute atomic E-state index is 0.179. The average Bonchev–Trinajstić information content (AvgIpc) is 3.02. The van der Waals surface area contributed by atoms with Gasteiger partial charge >= 0.3 is 0 Å². The van der Waals surface area contributed by atoms with Gasteiger partial charge < -0.3 is 4.90 Å². The van der Waals surface area contributed by atoms with Gasteiger partial charge in [-0.2, -0.15) is 0 Å². The Bertz CT molecular complexity index is 508. The molecule has 0 saturated heterocycles. The quantitative estimate of drug-likeness (QED) is 0.804. The van der Waals surface area contributed by atoms with Crippen LogP contribution in [0.5, 0.6) is 0 Å². The Morgan fingerprint density at radius 1 is 1.25 bits per heavy atom. The van der Waals surface area contributed by atoms with Crippen molar-refractivity contribution in [1.29, 1.82) is 0 Å². The van der Waals surface area contributed by atoms with Crippen molar-refractivity contribution < 1.29 is 8.42 Å². The Hall–Kier alpha value is -1.23. The lowest BCUT2D eigenvalue weighted by Gasteiger charge is -2.23. The van der Waals surface area contributed by atoms with Gasteiger partial charge in [-0.3, -0.25) is 4.72 Å². The first-order chi connectivity index (χ1) is 7.66. The van der Waals surface area contributed by atoms with Crippen LogP contribution in [0.3, 0.4) is 0 Å². The molecule has 1 aliphatic carbocycles. The second-order valence-corrected chi connectivity index (χ2v) is 6.20. The van der Waals surface area contributed by atoms with Gasteiger partial charge in [0.2, 0.25) is 10.0 Å². The zero-order valence-electron chi connectivity index (χ0n) is 8.89. The van der Waals surface area contributed by atoms with Crippen LogP contribution in [0.4, 0.5) is 11.4 Å². The monoisotopic (exact) mass is 238 g/mol. The van der Waals surface area contributed by atoms with Crippen molar-refractivity contribution in [2.75, 3.05) is 21.9 Å². The number of anilines is 2. The normalized spacial score (nSPS) is 23.1. The van der Waals surface area contributed by atoms with Crippen molar-refractivity contribution in [2.24, 2.45) is 0 Å². The summed E-state index contributed by atoms with van der Waals surface area (Å²) in [4.78, 5) is 2.22. The molecule has 16 heavy (non-hydrogen) atoms. The molecule has 1 N–H and O–H groups in total. The molecular formula is C11H14N2O2S. The summed E-state index contributed by atoms with van der Waals surface area (Å²) in [5, 5.41) is 0. The van der Waals surface area contributed by atoms with Crippen LogP contribution < -0.4 is 9.62 Å². The van der Waals surface area contributed by atoms with Crippen LogP contribution in [-0.4, -0.2) is 26.8 Å². The number of benzene rings is 1. The van der Waals surface area contributed by atoms with Crippen LogP contribution in [0.25, 0.3) is 0 Å². The number of hydrogen-bond acceptors (Lipinski definition) is 3. The van der Waals surface area contributed by atoms with Gasteiger partial charge in [0.1, 0.15) is 0 Å². The van der Waals surface area contributed by atoms with E-state index in [0.29, 0.717) is 18.3 Å². The van der Waals surface area contributed by atoms with Gasteiger partial charge in [-0.05, 0) is 25.0 Å². The van der Waals surface area contributed by atoms with Crippen molar-refractivity contribution in [2.45, 2.75) is 18.9 Å². The molecule has 86 valence electrons. The van der Waals surface area contributed by atoms with Gasteiger partial charge in [0.25, 0.3) is 0 Å². The Balaban J connectivity index is 2.07. The Kier molecular flexibility index (Phi) is 2.10. The average molecular weight is 238 g/mol. The maximum Gasteiger partial charge on any atom is 0.234 e. The number of nitrogens with one attached hydrogen (secondary N) is 1. The fourth-order valence-electron chi connectivity index (χ4n) is 2.13. The van der Waals surface area contributed by atoms with Crippen molar-refractivity contribution in [3.63, 3.8) is 0 Å². The van der Waals surface area contributed by atoms with Gasteiger partial charge in [0.15, 0.2) is 0 Å². The summed E-state index contributed by atoms with van der Waals surface area (Å²) < 4.78 is 26.0. The lowest BCUT2D eigenvalue weighted by Crippen LogP contribution is -2.29. The molecule has 1 aliphatic heterocycles. The third-order valence-electron chi connectivity index (χ3n) is 3.07. The lowest BCUT2D eigenvalue weighted by atomic mass is 10.2. The largest absolute Gasteiger partial charge is 0.366 e. The first-order valence-electron chi connectivity index (χ1n) is 5.52. The molecule has 0 aromatic heterocycles. The summed E-state index contributed by atoms with van der Waals surface area (Å²) in [6.45, 7) is 0.594. The molecular weight excluding hydrogens is 224 g/mol. The molecule has 3 rings (SSSR count). The summed E-state index contributed by atoms with van der Waals surface area (Å²) in [5.74, 6) is 0.179. The van der Waals surface area contributed by atoms with Crippen molar-refractivity contribution >= 4 is 21.4 Å². The molecule has 1 fully saturated rings. The van der Waals surface area contributed by atoms with Crippen LogP contribution in [0.2, 0.25) is 0 Å². The predicted molar refractivity (Wildman–Crippen MR) is 64.2 cm³/mol. The molecule has 1 heterocycles. The van der Waals surface area contributed by atoms with E-state index in [4.69, 9.17) is 0 Å². The van der Waals surface area contributed by atoms with Crippen LogP contribution >= 0.6 is 0 Å². The van der Waals surface area contributed by atoms with E-state index in [1.807, 2.05) is 24.3 Å². The number of para-hydroxylation sites is 2. The molecule has 1 aromatic rings. The first kappa shape index (κ1) is 9.96. The lowest BCUT2D eigenvalue weighted by molar-refractivity contribution is 0.600. The summed E-state index contributed by atoms with van der Waals surface area (Å²) in [7, 11) is -3.16. The zero-order chi connectivity index (χ0) is 11.2. The predicted octanol–water partition coefficient (Wildman–Crippen LogP) is 1.41.